The molecular weight excluding hydrogens is 307 g/mol. The first kappa shape index (κ1) is 18.7. The van der Waals surface area contributed by atoms with Crippen LogP contribution in [0.1, 0.15) is 58.1 Å². The van der Waals surface area contributed by atoms with Gasteiger partial charge in [-0.25, -0.2) is 4.39 Å². The van der Waals surface area contributed by atoms with Gasteiger partial charge in [-0.1, -0.05) is 19.9 Å². The van der Waals surface area contributed by atoms with Crippen molar-refractivity contribution in [3.05, 3.63) is 29.6 Å². The van der Waals surface area contributed by atoms with E-state index in [1.165, 1.54) is 18.9 Å². The van der Waals surface area contributed by atoms with Crippen molar-refractivity contribution >= 4 is 5.91 Å². The number of carbonyl (C=O) groups excluding carboxylic acids is 1. The van der Waals surface area contributed by atoms with Crippen LogP contribution in [0.4, 0.5) is 4.39 Å². The van der Waals surface area contributed by atoms with Crippen molar-refractivity contribution in [2.45, 2.75) is 52.5 Å². The van der Waals surface area contributed by atoms with Crippen LogP contribution >= 0.6 is 0 Å². The van der Waals surface area contributed by atoms with Crippen molar-refractivity contribution in [1.29, 1.82) is 0 Å². The van der Waals surface area contributed by atoms with Gasteiger partial charge in [0.25, 0.3) is 0 Å². The van der Waals surface area contributed by atoms with E-state index in [0.717, 1.165) is 5.56 Å². The van der Waals surface area contributed by atoms with Gasteiger partial charge in [-0.3, -0.25) is 4.79 Å². The van der Waals surface area contributed by atoms with Gasteiger partial charge in [0.1, 0.15) is 0 Å². The Morgan fingerprint density at radius 3 is 2.58 bits per heavy atom. The van der Waals surface area contributed by atoms with Gasteiger partial charge in [-0.15, -0.1) is 0 Å². The Morgan fingerprint density at radius 1 is 1.42 bits per heavy atom. The zero-order valence-corrected chi connectivity index (χ0v) is 14.9. The lowest BCUT2D eigenvalue weighted by Crippen LogP contribution is -2.46. The molecule has 1 saturated carbocycles. The maximum atomic E-state index is 14.2. The molecule has 3 N–H and O–H groups in total. The SMILES string of the molecule is CCC(CC)(CN)C(=O)NC(C)c1ccc(OCC2CC2)c(F)c1. The molecule has 1 aliphatic rings. The molecule has 1 aromatic carbocycles. The average Bonchev–Trinajstić information content (AvgIpc) is 3.40. The van der Waals surface area contributed by atoms with Gasteiger partial charge in [0.2, 0.25) is 5.91 Å². The van der Waals surface area contributed by atoms with Crippen molar-refractivity contribution in [3.8, 4) is 5.75 Å². The second kappa shape index (κ2) is 7.97. The largest absolute Gasteiger partial charge is 0.490 e. The third-order valence-electron chi connectivity index (χ3n) is 5.20. The molecule has 5 heteroatoms. The minimum atomic E-state index is -0.555. The van der Waals surface area contributed by atoms with Gasteiger partial charge in [-0.2, -0.15) is 0 Å². The Kier molecular flexibility index (Phi) is 6.21. The van der Waals surface area contributed by atoms with E-state index in [1.807, 2.05) is 20.8 Å². The summed E-state index contributed by atoms with van der Waals surface area (Å²) in [7, 11) is 0. The van der Waals surface area contributed by atoms with E-state index in [0.29, 0.717) is 31.9 Å². The number of nitrogens with one attached hydrogen (secondary N) is 1. The summed E-state index contributed by atoms with van der Waals surface area (Å²) in [6.45, 7) is 6.66. The molecule has 0 aromatic heterocycles. The molecule has 1 fully saturated rings. The van der Waals surface area contributed by atoms with Crippen molar-refractivity contribution < 1.29 is 13.9 Å². The Bertz CT molecular complexity index is 560. The molecular formula is C19H29FN2O2. The van der Waals surface area contributed by atoms with Crippen LogP contribution < -0.4 is 15.8 Å². The van der Waals surface area contributed by atoms with Crippen molar-refractivity contribution in [2.75, 3.05) is 13.2 Å². The number of halogens is 1. The molecule has 24 heavy (non-hydrogen) atoms. The molecule has 4 nitrogen and oxygen atoms in total. The maximum absolute atomic E-state index is 14.2. The molecule has 134 valence electrons. The van der Waals surface area contributed by atoms with E-state index >= 15 is 0 Å². The first-order chi connectivity index (χ1) is 11.5. The van der Waals surface area contributed by atoms with Crippen LogP contribution in [0.15, 0.2) is 18.2 Å². The number of amides is 1. The van der Waals surface area contributed by atoms with Crippen LogP contribution in [-0.4, -0.2) is 19.1 Å². The number of benzene rings is 1. The molecule has 0 saturated heterocycles. The normalized spacial score (nSPS) is 15.9. The molecule has 1 atom stereocenters. The fourth-order valence-corrected chi connectivity index (χ4v) is 2.78. The fourth-order valence-electron chi connectivity index (χ4n) is 2.78. The first-order valence-electron chi connectivity index (χ1n) is 8.89. The molecule has 1 aromatic rings. The number of nitrogens with two attached hydrogens (primary N) is 1. The minimum Gasteiger partial charge on any atom is -0.490 e. The van der Waals surface area contributed by atoms with E-state index in [1.54, 1.807) is 12.1 Å². The predicted molar refractivity (Wildman–Crippen MR) is 93.2 cm³/mol. The molecule has 1 amide bonds. The van der Waals surface area contributed by atoms with Crippen molar-refractivity contribution in [1.82, 2.24) is 5.32 Å². The second-order valence-corrected chi connectivity index (χ2v) is 6.83. The van der Waals surface area contributed by atoms with E-state index in [-0.39, 0.29) is 23.5 Å². The highest BCUT2D eigenvalue weighted by Gasteiger charge is 2.34. The summed E-state index contributed by atoms with van der Waals surface area (Å²) in [6.07, 6.45) is 3.70. The molecule has 0 heterocycles. The highest BCUT2D eigenvalue weighted by atomic mass is 19.1. The van der Waals surface area contributed by atoms with Crippen LogP contribution in [0.2, 0.25) is 0 Å². The van der Waals surface area contributed by atoms with Crippen LogP contribution in [-0.2, 0) is 4.79 Å². The highest BCUT2D eigenvalue weighted by Crippen LogP contribution is 2.31. The highest BCUT2D eigenvalue weighted by molar-refractivity contribution is 5.83. The third-order valence-corrected chi connectivity index (χ3v) is 5.20. The standard InChI is InChI=1S/C19H29FN2O2/c1-4-19(5-2,12-21)18(23)22-13(3)15-8-9-17(16(20)10-15)24-11-14-6-7-14/h8-10,13-14H,4-7,11-12,21H2,1-3H3,(H,22,23). The summed E-state index contributed by atoms with van der Waals surface area (Å²) in [4.78, 5) is 12.6. The second-order valence-electron chi connectivity index (χ2n) is 6.83. The minimum absolute atomic E-state index is 0.0723. The Labute approximate surface area is 144 Å². The van der Waals surface area contributed by atoms with Gasteiger partial charge >= 0.3 is 0 Å². The van der Waals surface area contributed by atoms with Crippen LogP contribution in [0.3, 0.4) is 0 Å². The van der Waals surface area contributed by atoms with E-state index in [2.05, 4.69) is 5.32 Å². The number of carbonyl (C=O) groups is 1. The van der Waals surface area contributed by atoms with Gasteiger partial charge in [0.15, 0.2) is 11.6 Å². The zero-order chi connectivity index (χ0) is 17.7. The van der Waals surface area contributed by atoms with Crippen LogP contribution in [0.5, 0.6) is 5.75 Å². The van der Waals surface area contributed by atoms with Gasteiger partial charge in [0, 0.05) is 6.54 Å². The molecule has 1 unspecified atom stereocenters. The topological polar surface area (TPSA) is 64.4 Å². The summed E-state index contributed by atoms with van der Waals surface area (Å²) >= 11 is 0. The number of ether oxygens (including phenoxy) is 1. The maximum Gasteiger partial charge on any atom is 0.227 e. The average molecular weight is 336 g/mol. The van der Waals surface area contributed by atoms with Crippen LogP contribution in [0, 0.1) is 17.2 Å². The summed E-state index contributed by atoms with van der Waals surface area (Å²) < 4.78 is 19.7. The lowest BCUT2D eigenvalue weighted by Gasteiger charge is -2.30. The molecule has 2 rings (SSSR count). The number of rotatable bonds is 9. The zero-order valence-electron chi connectivity index (χ0n) is 14.9. The summed E-state index contributed by atoms with van der Waals surface area (Å²) in [5.41, 5.74) is 5.98. The molecule has 0 bridgehead atoms. The van der Waals surface area contributed by atoms with E-state index in [9.17, 15) is 9.18 Å². The molecule has 0 aliphatic heterocycles. The van der Waals surface area contributed by atoms with E-state index < -0.39 is 5.41 Å². The van der Waals surface area contributed by atoms with Crippen molar-refractivity contribution in [2.24, 2.45) is 17.1 Å². The Hall–Kier alpha value is -1.62. The number of hydrogen-bond acceptors (Lipinski definition) is 3. The summed E-state index contributed by atoms with van der Waals surface area (Å²) in [6, 6.07) is 4.60. The Morgan fingerprint density at radius 2 is 2.08 bits per heavy atom. The van der Waals surface area contributed by atoms with E-state index in [4.69, 9.17) is 10.5 Å². The van der Waals surface area contributed by atoms with Gasteiger partial charge in [0.05, 0.1) is 18.1 Å². The molecule has 0 spiro atoms. The fraction of sp³-hybridized carbons (Fsp3) is 0.632. The monoisotopic (exact) mass is 336 g/mol. The predicted octanol–water partition coefficient (Wildman–Crippen LogP) is 3.56. The summed E-state index contributed by atoms with van der Waals surface area (Å²) in [5.74, 6) is 0.402. The third kappa shape index (κ3) is 4.26. The van der Waals surface area contributed by atoms with Crippen molar-refractivity contribution in [3.63, 3.8) is 0 Å². The number of hydrogen-bond donors (Lipinski definition) is 2. The Balaban J connectivity index is 2.01. The van der Waals surface area contributed by atoms with Crippen LogP contribution in [0.25, 0.3) is 0 Å². The molecule has 0 radical (unpaired) electrons. The lowest BCUT2D eigenvalue weighted by molar-refractivity contribution is -0.131. The lowest BCUT2D eigenvalue weighted by atomic mass is 9.81. The smallest absolute Gasteiger partial charge is 0.227 e. The molecule has 1 aliphatic carbocycles. The first-order valence-corrected chi connectivity index (χ1v) is 8.89. The van der Waals surface area contributed by atoms with Gasteiger partial charge in [-0.05, 0) is 56.2 Å². The summed E-state index contributed by atoms with van der Waals surface area (Å²) in [5, 5.41) is 2.97. The van der Waals surface area contributed by atoms with Gasteiger partial charge < -0.3 is 15.8 Å². The quantitative estimate of drug-likeness (QED) is 0.725.